The van der Waals surface area contributed by atoms with Crippen molar-refractivity contribution in [1.82, 2.24) is 0 Å². The Morgan fingerprint density at radius 3 is 2.48 bits per heavy atom. The lowest BCUT2D eigenvalue weighted by Crippen LogP contribution is -2.71. The molecule has 1 saturated heterocycles. The van der Waals surface area contributed by atoms with Gasteiger partial charge >= 0.3 is 13.8 Å². The third-order valence-corrected chi connectivity index (χ3v) is 12.0. The van der Waals surface area contributed by atoms with Crippen molar-refractivity contribution in [2.24, 2.45) is 22.7 Å². The summed E-state index contributed by atoms with van der Waals surface area (Å²) in [5, 5.41) is 11.7. The van der Waals surface area contributed by atoms with Crippen LogP contribution < -0.4 is 0 Å². The van der Waals surface area contributed by atoms with Gasteiger partial charge in [-0.2, -0.15) is 0 Å². The van der Waals surface area contributed by atoms with E-state index in [4.69, 9.17) is 23.0 Å². The maximum absolute atomic E-state index is 17.6. The molecule has 0 spiro atoms. The number of phosphoric ester groups is 1. The van der Waals surface area contributed by atoms with Gasteiger partial charge in [0, 0.05) is 23.2 Å². The smallest absolute Gasteiger partial charge is 0.390 e. The summed E-state index contributed by atoms with van der Waals surface area (Å²) >= 11 is 0. The quantitative estimate of drug-likeness (QED) is 0.383. The number of hydrogen-bond acceptors (Lipinski definition) is 9. The minimum absolute atomic E-state index is 0.0450. The maximum Gasteiger partial charge on any atom is 0.532 e. The highest BCUT2D eigenvalue weighted by Crippen LogP contribution is 2.73. The number of allylic oxidation sites excluding steroid dienone is 1. The molecule has 0 radical (unpaired) electrons. The third kappa shape index (κ3) is 3.98. The van der Waals surface area contributed by atoms with Gasteiger partial charge in [0.25, 0.3) is 0 Å². The van der Waals surface area contributed by atoms with E-state index in [9.17, 15) is 19.3 Å². The zero-order valence-corrected chi connectivity index (χ0v) is 24.7. The number of carbonyl (C=O) groups excluding carboxylic acids is 2. The lowest BCUT2D eigenvalue weighted by molar-refractivity contribution is -0.246. The van der Waals surface area contributed by atoms with Crippen molar-refractivity contribution >= 4 is 19.6 Å². The SMILES string of the molecule is CCC[C@@H]1O[C@@H]2CC3C4C[C@H](F)C5=CC(=O)CC[C@]5(C)[C@@]4(F)[C@@H](O)C[C@]3(C)[C@]2(C(=O)OP(=O)(OCC)OCC)O1. The van der Waals surface area contributed by atoms with Crippen LogP contribution in [0.2, 0.25) is 0 Å². The molecule has 10 atom stereocenters. The molecule has 0 aromatic carbocycles. The summed E-state index contributed by atoms with van der Waals surface area (Å²) in [6, 6.07) is 0. The highest BCUT2D eigenvalue weighted by Gasteiger charge is 2.81. The Morgan fingerprint density at radius 2 is 1.85 bits per heavy atom. The first-order valence-corrected chi connectivity index (χ1v) is 15.9. The van der Waals surface area contributed by atoms with Gasteiger partial charge in [-0.15, -0.1) is 0 Å². The van der Waals surface area contributed by atoms with E-state index in [1.54, 1.807) is 27.7 Å². The molecular weight excluding hydrogens is 549 g/mol. The van der Waals surface area contributed by atoms with E-state index >= 15 is 8.78 Å². The van der Waals surface area contributed by atoms with Gasteiger partial charge in [-0.05, 0) is 63.5 Å². The number of carbonyl (C=O) groups is 2. The van der Waals surface area contributed by atoms with Crippen molar-refractivity contribution < 1.29 is 51.1 Å². The standard InChI is InChI=1S/C28H41F2O9P/c1-6-9-23-37-22-14-17-18-13-20(29)19-12-16(31)10-11-25(19,4)27(18,30)21(32)15-26(17,5)28(22,38-23)24(33)39-40(34,35-7-2)36-8-3/h12,17-18,20-23,32H,6-11,13-15H2,1-5H3/t17?,18?,20-,21-,22+,23+,25-,26-,27-,28-/m0/s1. The Kier molecular flexibility index (Phi) is 7.71. The van der Waals surface area contributed by atoms with Gasteiger partial charge in [-0.3, -0.25) is 13.8 Å². The number of ketones is 1. The van der Waals surface area contributed by atoms with E-state index in [0.29, 0.717) is 12.8 Å². The molecule has 9 nitrogen and oxygen atoms in total. The molecule has 1 aliphatic heterocycles. The van der Waals surface area contributed by atoms with E-state index in [1.165, 1.54) is 6.08 Å². The zero-order chi connectivity index (χ0) is 29.3. The Balaban J connectivity index is 1.59. The van der Waals surface area contributed by atoms with Crippen molar-refractivity contribution in [3.63, 3.8) is 0 Å². The van der Waals surface area contributed by atoms with E-state index in [-0.39, 0.29) is 56.7 Å². The summed E-state index contributed by atoms with van der Waals surface area (Å²) in [4.78, 5) is 26.3. The molecule has 4 aliphatic carbocycles. The van der Waals surface area contributed by atoms with Crippen LogP contribution in [0.3, 0.4) is 0 Å². The molecule has 4 fully saturated rings. The van der Waals surface area contributed by atoms with E-state index in [1.807, 2.05) is 6.92 Å². The van der Waals surface area contributed by atoms with E-state index in [0.717, 1.165) is 0 Å². The summed E-state index contributed by atoms with van der Waals surface area (Å²) in [6.45, 7) is 8.32. The predicted molar refractivity (Wildman–Crippen MR) is 138 cm³/mol. The largest absolute Gasteiger partial charge is 0.532 e. The van der Waals surface area contributed by atoms with Crippen LogP contribution in [0.1, 0.15) is 79.6 Å². The van der Waals surface area contributed by atoms with Crippen LogP contribution in [-0.4, -0.2) is 66.0 Å². The summed E-state index contributed by atoms with van der Waals surface area (Å²) < 4.78 is 75.1. The lowest BCUT2D eigenvalue weighted by atomic mass is 9.43. The number of phosphoric acid groups is 1. The molecule has 0 aromatic rings. The number of hydrogen-bond donors (Lipinski definition) is 1. The van der Waals surface area contributed by atoms with Gasteiger partial charge in [0.05, 0.1) is 19.3 Å². The first-order valence-electron chi connectivity index (χ1n) is 14.5. The third-order valence-electron chi connectivity index (χ3n) is 10.4. The van der Waals surface area contributed by atoms with Gasteiger partial charge < -0.3 is 19.1 Å². The van der Waals surface area contributed by atoms with E-state index in [2.05, 4.69) is 0 Å². The first-order chi connectivity index (χ1) is 18.8. The fourth-order valence-corrected chi connectivity index (χ4v) is 9.82. The number of alkyl halides is 2. The topological polar surface area (TPSA) is 118 Å². The molecule has 0 bridgehead atoms. The number of halogens is 2. The molecule has 0 aromatic heterocycles. The second-order valence-electron chi connectivity index (χ2n) is 12.3. The van der Waals surface area contributed by atoms with Crippen LogP contribution in [0.15, 0.2) is 11.6 Å². The average molecular weight is 591 g/mol. The van der Waals surface area contributed by atoms with Crippen molar-refractivity contribution in [3.8, 4) is 0 Å². The lowest BCUT2D eigenvalue weighted by Gasteiger charge is -2.63. The second kappa shape index (κ2) is 10.2. The van der Waals surface area contributed by atoms with Gasteiger partial charge in [-0.25, -0.2) is 18.1 Å². The fourth-order valence-electron chi connectivity index (χ4n) is 8.67. The molecule has 5 rings (SSSR count). The van der Waals surface area contributed by atoms with Gasteiger partial charge in [0.1, 0.15) is 17.9 Å². The van der Waals surface area contributed by atoms with Crippen molar-refractivity contribution in [2.75, 3.05) is 13.2 Å². The van der Waals surface area contributed by atoms with Crippen molar-refractivity contribution in [2.45, 2.75) is 116 Å². The summed E-state index contributed by atoms with van der Waals surface area (Å²) in [7, 11) is -4.32. The fraction of sp³-hybridized carbons (Fsp3) is 0.857. The van der Waals surface area contributed by atoms with Crippen molar-refractivity contribution in [3.05, 3.63) is 11.6 Å². The van der Waals surface area contributed by atoms with Crippen LogP contribution in [0.4, 0.5) is 8.78 Å². The molecule has 0 amide bonds. The molecule has 40 heavy (non-hydrogen) atoms. The number of ether oxygens (including phenoxy) is 2. The van der Waals surface area contributed by atoms with E-state index < -0.39 is 72.4 Å². The molecule has 1 N–H and O–H groups in total. The zero-order valence-electron chi connectivity index (χ0n) is 23.8. The average Bonchev–Trinajstić information content (AvgIpc) is 3.35. The monoisotopic (exact) mass is 590 g/mol. The maximum atomic E-state index is 17.6. The minimum Gasteiger partial charge on any atom is -0.390 e. The Bertz CT molecular complexity index is 1120. The van der Waals surface area contributed by atoms with Crippen molar-refractivity contribution in [1.29, 1.82) is 0 Å². The van der Waals surface area contributed by atoms with Crippen LogP contribution in [-0.2, 0) is 37.2 Å². The number of rotatable bonds is 8. The summed E-state index contributed by atoms with van der Waals surface area (Å²) in [5.74, 6) is -2.91. The number of aliphatic hydroxyl groups is 1. The molecule has 2 unspecified atom stereocenters. The summed E-state index contributed by atoms with van der Waals surface area (Å²) in [6.07, 6.45) is -2.65. The van der Waals surface area contributed by atoms with Crippen LogP contribution >= 0.6 is 7.82 Å². The molecule has 12 heteroatoms. The first kappa shape index (κ1) is 30.2. The number of fused-ring (bicyclic) bond motifs is 7. The molecular formula is C28H41F2O9P. The summed E-state index contributed by atoms with van der Waals surface area (Å²) in [5.41, 5.74) is -6.65. The highest BCUT2D eigenvalue weighted by molar-refractivity contribution is 7.49. The highest BCUT2D eigenvalue weighted by atomic mass is 31.2. The molecule has 5 aliphatic rings. The Morgan fingerprint density at radius 1 is 1.18 bits per heavy atom. The predicted octanol–water partition coefficient (Wildman–Crippen LogP) is 5.14. The normalized spacial score (nSPS) is 46.2. The van der Waals surface area contributed by atoms with Crippen LogP contribution in [0, 0.1) is 22.7 Å². The van der Waals surface area contributed by atoms with Crippen LogP contribution in [0.25, 0.3) is 0 Å². The Hall–Kier alpha value is -1.23. The van der Waals surface area contributed by atoms with Gasteiger partial charge in [0.15, 0.2) is 17.7 Å². The number of aliphatic hydroxyl groups excluding tert-OH is 1. The van der Waals surface area contributed by atoms with Crippen LogP contribution in [0.5, 0.6) is 0 Å². The minimum atomic E-state index is -4.32. The molecule has 226 valence electrons. The second-order valence-corrected chi connectivity index (χ2v) is 13.9. The van der Waals surface area contributed by atoms with Gasteiger partial charge in [0.2, 0.25) is 0 Å². The molecule has 1 heterocycles. The molecule has 3 saturated carbocycles. The Labute approximate surface area is 233 Å². The van der Waals surface area contributed by atoms with Gasteiger partial charge in [-0.1, -0.05) is 27.2 Å².